The van der Waals surface area contributed by atoms with Gasteiger partial charge in [-0.05, 0) is 43.2 Å². The summed E-state index contributed by atoms with van der Waals surface area (Å²) < 4.78 is 17.7. The second-order valence-corrected chi connectivity index (χ2v) is 9.31. The van der Waals surface area contributed by atoms with E-state index in [1.165, 1.54) is 0 Å². The Kier molecular flexibility index (Phi) is 5.51. The second-order valence-electron chi connectivity index (χ2n) is 9.31. The van der Waals surface area contributed by atoms with Crippen LogP contribution in [0.25, 0.3) is 0 Å². The number of nitrogens with zero attached hydrogens (tertiary/aromatic N) is 1. The molecule has 4 unspecified atom stereocenters. The van der Waals surface area contributed by atoms with Crippen LogP contribution in [0.1, 0.15) is 64.6 Å². The smallest absolute Gasteiger partial charge is 0.339 e. The number of morpholine rings is 1. The summed E-state index contributed by atoms with van der Waals surface area (Å²) >= 11 is 0. The SMILES string of the molecule is CC1CC2(CCO1)CN(C(=O)c1ccc3c(c1)CC(c1ccccc1)OC3=O)CC(C)O2. The third kappa shape index (κ3) is 4.05. The monoisotopic (exact) mass is 435 g/mol. The molecule has 0 saturated carbocycles. The van der Waals surface area contributed by atoms with Crippen molar-refractivity contribution in [3.63, 3.8) is 0 Å². The van der Waals surface area contributed by atoms with Crippen molar-refractivity contribution in [1.82, 2.24) is 4.90 Å². The summed E-state index contributed by atoms with van der Waals surface area (Å²) in [7, 11) is 0. The molecule has 2 aromatic carbocycles. The van der Waals surface area contributed by atoms with Gasteiger partial charge in [0, 0.05) is 38.0 Å². The third-order valence-electron chi connectivity index (χ3n) is 6.71. The summed E-state index contributed by atoms with van der Waals surface area (Å²) in [6.07, 6.45) is 1.89. The molecule has 2 aromatic rings. The van der Waals surface area contributed by atoms with Crippen molar-refractivity contribution < 1.29 is 23.8 Å². The van der Waals surface area contributed by atoms with Gasteiger partial charge in [0.2, 0.25) is 0 Å². The number of amides is 1. The Morgan fingerprint density at radius 2 is 1.91 bits per heavy atom. The lowest BCUT2D eigenvalue weighted by atomic mass is 9.87. The number of cyclic esters (lactones) is 1. The Morgan fingerprint density at radius 3 is 2.69 bits per heavy atom. The molecule has 0 aromatic heterocycles. The molecule has 5 rings (SSSR count). The summed E-state index contributed by atoms with van der Waals surface area (Å²) in [4.78, 5) is 28.0. The van der Waals surface area contributed by atoms with E-state index in [2.05, 4.69) is 6.92 Å². The number of benzene rings is 2. The molecular formula is C26H29NO5. The molecule has 0 radical (unpaired) electrons. The van der Waals surface area contributed by atoms with Crippen LogP contribution >= 0.6 is 0 Å². The maximum atomic E-state index is 13.5. The van der Waals surface area contributed by atoms with Crippen molar-refractivity contribution in [2.75, 3.05) is 19.7 Å². The van der Waals surface area contributed by atoms with Crippen molar-refractivity contribution in [2.24, 2.45) is 0 Å². The van der Waals surface area contributed by atoms with Gasteiger partial charge in [-0.25, -0.2) is 4.79 Å². The first-order valence-electron chi connectivity index (χ1n) is 11.4. The van der Waals surface area contributed by atoms with Crippen molar-refractivity contribution in [3.05, 3.63) is 70.8 Å². The highest BCUT2D eigenvalue weighted by Gasteiger charge is 2.44. The summed E-state index contributed by atoms with van der Waals surface area (Å²) in [6.45, 7) is 5.85. The molecule has 3 aliphatic heterocycles. The third-order valence-corrected chi connectivity index (χ3v) is 6.71. The van der Waals surface area contributed by atoms with Gasteiger partial charge in [0.15, 0.2) is 0 Å². The normalized spacial score (nSPS) is 30.0. The van der Waals surface area contributed by atoms with Gasteiger partial charge >= 0.3 is 5.97 Å². The fourth-order valence-electron chi connectivity index (χ4n) is 5.33. The van der Waals surface area contributed by atoms with E-state index in [9.17, 15) is 9.59 Å². The molecular weight excluding hydrogens is 406 g/mol. The quantitative estimate of drug-likeness (QED) is 0.669. The molecule has 6 nitrogen and oxygen atoms in total. The van der Waals surface area contributed by atoms with Crippen LogP contribution in [0.5, 0.6) is 0 Å². The number of hydrogen-bond donors (Lipinski definition) is 0. The number of esters is 1. The van der Waals surface area contributed by atoms with E-state index < -0.39 is 0 Å². The van der Waals surface area contributed by atoms with Crippen LogP contribution in [0.3, 0.4) is 0 Å². The number of ether oxygens (including phenoxy) is 3. The van der Waals surface area contributed by atoms with E-state index in [-0.39, 0.29) is 35.8 Å². The fraction of sp³-hybridized carbons (Fsp3) is 0.462. The topological polar surface area (TPSA) is 65.1 Å². The summed E-state index contributed by atoms with van der Waals surface area (Å²) in [5, 5.41) is 0. The van der Waals surface area contributed by atoms with Gasteiger partial charge in [0.25, 0.3) is 5.91 Å². The van der Waals surface area contributed by atoms with Gasteiger partial charge in [-0.3, -0.25) is 4.79 Å². The van der Waals surface area contributed by atoms with Gasteiger partial charge in [-0.15, -0.1) is 0 Å². The first-order chi connectivity index (χ1) is 15.4. The Labute approximate surface area is 188 Å². The minimum atomic E-state index is -0.346. The van der Waals surface area contributed by atoms with Gasteiger partial charge in [0.05, 0.1) is 29.9 Å². The number of rotatable bonds is 2. The van der Waals surface area contributed by atoms with Crippen LogP contribution in [-0.2, 0) is 20.6 Å². The number of carbonyl (C=O) groups excluding carboxylic acids is 2. The minimum Gasteiger partial charge on any atom is -0.454 e. The summed E-state index contributed by atoms with van der Waals surface area (Å²) in [5.41, 5.74) is 2.62. The van der Waals surface area contributed by atoms with Crippen LogP contribution in [-0.4, -0.2) is 54.3 Å². The Hall–Kier alpha value is -2.70. The Balaban J connectivity index is 1.38. The maximum Gasteiger partial charge on any atom is 0.339 e. The molecule has 2 fully saturated rings. The highest BCUT2D eigenvalue weighted by Crippen LogP contribution is 2.35. The molecule has 0 N–H and O–H groups in total. The van der Waals surface area contributed by atoms with E-state index in [0.29, 0.717) is 37.2 Å². The molecule has 32 heavy (non-hydrogen) atoms. The van der Waals surface area contributed by atoms with Crippen molar-refractivity contribution in [2.45, 2.75) is 57.0 Å². The zero-order valence-corrected chi connectivity index (χ0v) is 18.6. The molecule has 0 aliphatic carbocycles. The lowest BCUT2D eigenvalue weighted by Gasteiger charge is -2.48. The highest BCUT2D eigenvalue weighted by molar-refractivity contribution is 5.98. The van der Waals surface area contributed by atoms with Crippen LogP contribution < -0.4 is 0 Å². The standard InChI is InChI=1S/C26H29NO5/c1-17-14-26(10-11-30-17)16-27(15-18(2)32-26)24(28)20-8-9-22-21(12-20)13-23(31-25(22)29)19-6-4-3-5-7-19/h3-9,12,17-18,23H,10-11,13-16H2,1-2H3. The maximum absolute atomic E-state index is 13.5. The average molecular weight is 436 g/mol. The summed E-state index contributed by atoms with van der Waals surface area (Å²) in [6, 6.07) is 15.1. The molecule has 3 heterocycles. The average Bonchev–Trinajstić information content (AvgIpc) is 2.78. The molecule has 1 spiro atoms. The van der Waals surface area contributed by atoms with E-state index in [1.807, 2.05) is 48.2 Å². The number of carbonyl (C=O) groups is 2. The number of fused-ring (bicyclic) bond motifs is 1. The zero-order chi connectivity index (χ0) is 22.3. The van der Waals surface area contributed by atoms with Gasteiger partial charge in [-0.2, -0.15) is 0 Å². The predicted octanol–water partition coefficient (Wildman–Crippen LogP) is 3.94. The second kappa shape index (κ2) is 8.34. The lowest BCUT2D eigenvalue weighted by molar-refractivity contribution is -0.189. The van der Waals surface area contributed by atoms with E-state index in [4.69, 9.17) is 14.2 Å². The predicted molar refractivity (Wildman–Crippen MR) is 119 cm³/mol. The molecule has 2 saturated heterocycles. The fourth-order valence-corrected chi connectivity index (χ4v) is 5.33. The van der Waals surface area contributed by atoms with Crippen LogP contribution in [0, 0.1) is 0 Å². The van der Waals surface area contributed by atoms with Crippen molar-refractivity contribution in [3.8, 4) is 0 Å². The van der Waals surface area contributed by atoms with Gasteiger partial charge in [-0.1, -0.05) is 30.3 Å². The molecule has 168 valence electrons. The van der Waals surface area contributed by atoms with Gasteiger partial charge < -0.3 is 19.1 Å². The highest BCUT2D eigenvalue weighted by atomic mass is 16.5. The van der Waals surface area contributed by atoms with Crippen LogP contribution in [0.15, 0.2) is 48.5 Å². The molecule has 1 amide bonds. The largest absolute Gasteiger partial charge is 0.454 e. The van der Waals surface area contributed by atoms with Crippen LogP contribution in [0.4, 0.5) is 0 Å². The minimum absolute atomic E-state index is 0.0170. The first-order valence-corrected chi connectivity index (χ1v) is 11.4. The van der Waals surface area contributed by atoms with Crippen LogP contribution in [0.2, 0.25) is 0 Å². The first kappa shape index (κ1) is 21.2. The van der Waals surface area contributed by atoms with Crippen molar-refractivity contribution >= 4 is 11.9 Å². The summed E-state index contributed by atoms with van der Waals surface area (Å²) in [5.74, 6) is -0.356. The molecule has 0 bridgehead atoms. The Bertz CT molecular complexity index is 1020. The van der Waals surface area contributed by atoms with Crippen molar-refractivity contribution in [1.29, 1.82) is 0 Å². The van der Waals surface area contributed by atoms with E-state index >= 15 is 0 Å². The molecule has 6 heteroatoms. The van der Waals surface area contributed by atoms with E-state index in [0.717, 1.165) is 24.0 Å². The molecule has 4 atom stereocenters. The van der Waals surface area contributed by atoms with Gasteiger partial charge in [0.1, 0.15) is 6.10 Å². The molecule has 3 aliphatic rings. The lowest BCUT2D eigenvalue weighted by Crippen LogP contribution is -2.59. The van der Waals surface area contributed by atoms with E-state index in [1.54, 1.807) is 12.1 Å². The Morgan fingerprint density at radius 1 is 1.09 bits per heavy atom. The number of hydrogen-bond acceptors (Lipinski definition) is 5. The zero-order valence-electron chi connectivity index (χ0n) is 18.6.